The van der Waals surface area contributed by atoms with Crippen LogP contribution in [0.5, 0.6) is 0 Å². The minimum absolute atomic E-state index is 0.692. The number of nitrogens with zero attached hydrogens (tertiary/aromatic N) is 4. The molecule has 4 nitrogen and oxygen atoms in total. The van der Waals surface area contributed by atoms with E-state index in [1.165, 1.54) is 48.9 Å². The zero-order chi connectivity index (χ0) is 39.6. The van der Waals surface area contributed by atoms with Crippen molar-refractivity contribution in [2.45, 2.75) is 0 Å². The van der Waals surface area contributed by atoms with Crippen LogP contribution in [0.2, 0.25) is 0 Å². The summed E-state index contributed by atoms with van der Waals surface area (Å²) < 4.78 is 4.79. The van der Waals surface area contributed by atoms with Gasteiger partial charge in [-0.1, -0.05) is 170 Å². The number of aromatic nitrogens is 4. The van der Waals surface area contributed by atoms with E-state index < -0.39 is 0 Å². The molecule has 9 aromatic carbocycles. The fourth-order valence-corrected chi connectivity index (χ4v) is 9.20. The van der Waals surface area contributed by atoms with Gasteiger partial charge in [0.1, 0.15) is 0 Å². The smallest absolute Gasteiger partial charge is 0.160 e. The first-order chi connectivity index (χ1) is 29.8. The Morgan fingerprint density at radius 2 is 0.783 bits per heavy atom. The maximum atomic E-state index is 5.40. The van der Waals surface area contributed by atoms with Gasteiger partial charge in [-0.2, -0.15) is 0 Å². The molecular formula is C56H36N4. The molecular weight excluding hydrogens is 729 g/mol. The van der Waals surface area contributed by atoms with Gasteiger partial charge < -0.3 is 9.13 Å². The third-order valence-corrected chi connectivity index (χ3v) is 11.9. The summed E-state index contributed by atoms with van der Waals surface area (Å²) in [7, 11) is 0. The second-order valence-electron chi connectivity index (χ2n) is 15.4. The van der Waals surface area contributed by atoms with Gasteiger partial charge in [0.15, 0.2) is 5.82 Å². The maximum absolute atomic E-state index is 5.40. The molecule has 12 aromatic rings. The van der Waals surface area contributed by atoms with E-state index in [0.717, 1.165) is 56.0 Å². The highest BCUT2D eigenvalue weighted by atomic mass is 15.1. The Bertz CT molecular complexity index is 3510. The quantitative estimate of drug-likeness (QED) is 0.169. The second kappa shape index (κ2) is 13.8. The van der Waals surface area contributed by atoms with Crippen molar-refractivity contribution in [3.63, 3.8) is 0 Å². The SMILES string of the molecule is c1ccc(-c2nc(-c3ccccc3)c(-n3c4ccccc4c4cc(-c5ccc6c(c5)c5c7ccccc7ccc5n6-c5ccccc5)ccc43)c(-c3ccccc3)n2)cc1. The molecule has 0 spiro atoms. The van der Waals surface area contributed by atoms with Crippen LogP contribution >= 0.6 is 0 Å². The molecule has 12 rings (SSSR count). The van der Waals surface area contributed by atoms with Crippen molar-refractivity contribution in [2.24, 2.45) is 0 Å². The third kappa shape index (κ3) is 5.39. The highest BCUT2D eigenvalue weighted by molar-refractivity contribution is 6.22. The number of hydrogen-bond donors (Lipinski definition) is 0. The Labute approximate surface area is 346 Å². The van der Waals surface area contributed by atoms with Gasteiger partial charge in [0, 0.05) is 43.9 Å². The van der Waals surface area contributed by atoms with E-state index in [4.69, 9.17) is 9.97 Å². The zero-order valence-electron chi connectivity index (χ0n) is 32.6. The largest absolute Gasteiger partial charge is 0.309 e. The van der Waals surface area contributed by atoms with E-state index in [0.29, 0.717) is 5.82 Å². The molecule has 0 saturated carbocycles. The normalized spacial score (nSPS) is 11.7. The minimum Gasteiger partial charge on any atom is -0.309 e. The van der Waals surface area contributed by atoms with E-state index >= 15 is 0 Å². The minimum atomic E-state index is 0.692. The number of hydrogen-bond acceptors (Lipinski definition) is 2. The zero-order valence-corrected chi connectivity index (χ0v) is 32.6. The van der Waals surface area contributed by atoms with Crippen LogP contribution in [0.3, 0.4) is 0 Å². The lowest BCUT2D eigenvalue weighted by atomic mass is 9.99. The molecule has 0 radical (unpaired) electrons. The van der Waals surface area contributed by atoms with E-state index in [9.17, 15) is 0 Å². The van der Waals surface area contributed by atoms with Gasteiger partial charge in [-0.15, -0.1) is 0 Å². The molecule has 3 heterocycles. The molecule has 3 aromatic heterocycles. The van der Waals surface area contributed by atoms with Crippen molar-refractivity contribution >= 4 is 54.4 Å². The van der Waals surface area contributed by atoms with Crippen molar-refractivity contribution in [1.29, 1.82) is 0 Å². The van der Waals surface area contributed by atoms with Gasteiger partial charge in [0.05, 0.1) is 39.1 Å². The summed E-state index contributed by atoms with van der Waals surface area (Å²) in [5.74, 6) is 0.692. The summed E-state index contributed by atoms with van der Waals surface area (Å²) in [6.07, 6.45) is 0. The summed E-state index contributed by atoms with van der Waals surface area (Å²) >= 11 is 0. The van der Waals surface area contributed by atoms with Gasteiger partial charge in [0.2, 0.25) is 0 Å². The fraction of sp³-hybridized carbons (Fsp3) is 0. The molecule has 0 N–H and O–H groups in total. The third-order valence-electron chi connectivity index (χ3n) is 11.9. The molecule has 60 heavy (non-hydrogen) atoms. The molecule has 0 aliphatic heterocycles. The van der Waals surface area contributed by atoms with Crippen molar-refractivity contribution in [3.05, 3.63) is 218 Å². The standard InChI is InChI=1S/C56H36N4/c1-5-18-38(19-6-1)53-55(54(39-20-7-2-8-21-39)58-56(57-53)40-22-9-3-10-23-40)60-48-28-16-15-27-45(48)46-35-41(30-32-49(46)60)42-31-33-50-47(36-42)52-44-26-14-13-17-37(44)29-34-51(52)59(50)43-24-11-4-12-25-43/h1-36H. The Balaban J connectivity index is 1.12. The van der Waals surface area contributed by atoms with Crippen molar-refractivity contribution in [1.82, 2.24) is 19.1 Å². The summed E-state index contributed by atoms with van der Waals surface area (Å²) in [5, 5.41) is 7.35. The predicted molar refractivity (Wildman–Crippen MR) is 250 cm³/mol. The van der Waals surface area contributed by atoms with Crippen LogP contribution in [-0.2, 0) is 0 Å². The number of fused-ring (bicyclic) bond motifs is 8. The molecule has 0 saturated heterocycles. The molecule has 0 bridgehead atoms. The van der Waals surface area contributed by atoms with Gasteiger partial charge >= 0.3 is 0 Å². The Kier molecular flexibility index (Phi) is 7.82. The van der Waals surface area contributed by atoms with Crippen LogP contribution in [0.15, 0.2) is 218 Å². The summed E-state index contributed by atoms with van der Waals surface area (Å²) in [4.78, 5) is 10.8. The molecule has 0 atom stereocenters. The van der Waals surface area contributed by atoms with E-state index in [-0.39, 0.29) is 0 Å². The fourth-order valence-electron chi connectivity index (χ4n) is 9.20. The molecule has 0 aliphatic rings. The van der Waals surface area contributed by atoms with Crippen LogP contribution in [0, 0.1) is 0 Å². The van der Waals surface area contributed by atoms with Crippen LogP contribution in [0.4, 0.5) is 0 Å². The molecule has 280 valence electrons. The van der Waals surface area contributed by atoms with E-state index in [2.05, 4.69) is 209 Å². The Hall–Kier alpha value is -8.08. The number of para-hydroxylation sites is 2. The van der Waals surface area contributed by atoms with Crippen LogP contribution in [0.1, 0.15) is 0 Å². The van der Waals surface area contributed by atoms with Crippen molar-refractivity contribution in [3.8, 4) is 56.4 Å². The first-order valence-electron chi connectivity index (χ1n) is 20.4. The Morgan fingerprint density at radius 3 is 1.43 bits per heavy atom. The molecule has 0 aliphatic carbocycles. The molecule has 0 amide bonds. The van der Waals surface area contributed by atoms with Gasteiger partial charge in [-0.3, -0.25) is 0 Å². The second-order valence-corrected chi connectivity index (χ2v) is 15.4. The molecule has 4 heteroatoms. The van der Waals surface area contributed by atoms with Crippen LogP contribution < -0.4 is 0 Å². The average molecular weight is 765 g/mol. The summed E-state index contributed by atoms with van der Waals surface area (Å²) in [6, 6.07) is 77.9. The van der Waals surface area contributed by atoms with E-state index in [1.54, 1.807) is 0 Å². The summed E-state index contributed by atoms with van der Waals surface area (Å²) in [6.45, 7) is 0. The van der Waals surface area contributed by atoms with Gasteiger partial charge in [-0.05, 0) is 70.4 Å². The first-order valence-corrected chi connectivity index (χ1v) is 20.4. The lowest BCUT2D eigenvalue weighted by molar-refractivity contribution is 1.09. The maximum Gasteiger partial charge on any atom is 0.160 e. The molecule has 0 unspecified atom stereocenters. The first kappa shape index (κ1) is 34.0. The average Bonchev–Trinajstić information content (AvgIpc) is 3.84. The Morgan fingerprint density at radius 1 is 0.300 bits per heavy atom. The number of rotatable bonds is 6. The predicted octanol–water partition coefficient (Wildman–Crippen LogP) is 14.5. The highest BCUT2D eigenvalue weighted by Gasteiger charge is 2.24. The van der Waals surface area contributed by atoms with E-state index in [1.807, 2.05) is 18.2 Å². The van der Waals surface area contributed by atoms with Crippen molar-refractivity contribution < 1.29 is 0 Å². The van der Waals surface area contributed by atoms with Gasteiger partial charge in [-0.25, -0.2) is 9.97 Å². The van der Waals surface area contributed by atoms with Crippen LogP contribution in [0.25, 0.3) is 111 Å². The van der Waals surface area contributed by atoms with Gasteiger partial charge in [0.25, 0.3) is 0 Å². The molecule has 0 fully saturated rings. The summed E-state index contributed by atoms with van der Waals surface area (Å²) in [5.41, 5.74) is 13.8. The monoisotopic (exact) mass is 764 g/mol. The highest BCUT2D eigenvalue weighted by Crippen LogP contribution is 2.43. The lowest BCUT2D eigenvalue weighted by Crippen LogP contribution is -2.06. The van der Waals surface area contributed by atoms with Crippen LogP contribution in [-0.4, -0.2) is 19.1 Å². The topological polar surface area (TPSA) is 35.6 Å². The number of benzene rings is 9. The lowest BCUT2D eigenvalue weighted by Gasteiger charge is -2.19. The van der Waals surface area contributed by atoms with Crippen molar-refractivity contribution in [2.75, 3.05) is 0 Å².